The molecule has 0 radical (unpaired) electrons. The van der Waals surface area contributed by atoms with Crippen LogP contribution in [-0.4, -0.2) is 60.3 Å². The molecular formula is C16H32N7OP. The summed E-state index contributed by atoms with van der Waals surface area (Å²) in [6.45, 7) is 16.4. The van der Waals surface area contributed by atoms with E-state index in [1.165, 1.54) is 0 Å². The fourth-order valence-electron chi connectivity index (χ4n) is 2.91. The number of nitriles is 1. The molecule has 0 spiro atoms. The topological polar surface area (TPSA) is 83.1 Å². The molecule has 1 aromatic heterocycles. The maximum absolute atomic E-state index is 8.89. The van der Waals surface area contributed by atoms with E-state index in [1.807, 2.05) is 0 Å². The number of tetrazole rings is 1. The molecule has 0 aliphatic rings. The average Bonchev–Trinajstić information content (AvgIpc) is 2.99. The van der Waals surface area contributed by atoms with Crippen molar-refractivity contribution >= 4 is 8.45 Å². The zero-order valence-corrected chi connectivity index (χ0v) is 17.4. The minimum absolute atomic E-state index is 0.191. The van der Waals surface area contributed by atoms with Crippen molar-refractivity contribution < 1.29 is 4.52 Å². The first-order chi connectivity index (χ1) is 11.8. The van der Waals surface area contributed by atoms with E-state index < -0.39 is 8.45 Å². The van der Waals surface area contributed by atoms with Crippen molar-refractivity contribution in [3.8, 4) is 6.07 Å². The molecule has 0 aliphatic heterocycles. The summed E-state index contributed by atoms with van der Waals surface area (Å²) in [6.07, 6.45) is 2.03. The molecule has 142 valence electrons. The van der Waals surface area contributed by atoms with Gasteiger partial charge < -0.3 is 4.52 Å². The van der Waals surface area contributed by atoms with Crippen molar-refractivity contribution in [2.75, 3.05) is 6.61 Å². The average molecular weight is 369 g/mol. The van der Waals surface area contributed by atoms with E-state index in [0.717, 1.165) is 0 Å². The lowest BCUT2D eigenvalue weighted by molar-refractivity contribution is 0.174. The van der Waals surface area contributed by atoms with E-state index in [-0.39, 0.29) is 6.04 Å². The Bertz CT molecular complexity index is 507. The summed E-state index contributed by atoms with van der Waals surface area (Å²) in [5.41, 5.74) is 0. The maximum Gasteiger partial charge on any atom is 0.189 e. The van der Waals surface area contributed by atoms with Gasteiger partial charge in [-0.1, -0.05) is 0 Å². The van der Waals surface area contributed by atoms with E-state index in [2.05, 4.69) is 79.4 Å². The highest BCUT2D eigenvalue weighted by molar-refractivity contribution is 7.47. The molecule has 9 heteroatoms. The fraction of sp³-hybridized carbons (Fsp3) is 0.875. The molecule has 0 aromatic carbocycles. The highest BCUT2D eigenvalue weighted by Gasteiger charge is 2.35. The van der Waals surface area contributed by atoms with Gasteiger partial charge in [0.05, 0.1) is 25.6 Å². The van der Waals surface area contributed by atoms with Gasteiger partial charge in [0.25, 0.3) is 0 Å². The third kappa shape index (κ3) is 6.59. The van der Waals surface area contributed by atoms with Gasteiger partial charge in [-0.05, 0) is 58.9 Å². The molecule has 0 saturated heterocycles. The lowest BCUT2D eigenvalue weighted by atomic mass is 10.3. The van der Waals surface area contributed by atoms with Gasteiger partial charge in [0, 0.05) is 24.2 Å². The number of hydrogen-bond donors (Lipinski definition) is 0. The van der Waals surface area contributed by atoms with Crippen molar-refractivity contribution in [3.63, 3.8) is 0 Å². The molecule has 0 fully saturated rings. The Morgan fingerprint density at radius 2 is 1.68 bits per heavy atom. The summed E-state index contributed by atoms with van der Waals surface area (Å²) >= 11 is 0. The summed E-state index contributed by atoms with van der Waals surface area (Å²) in [5, 5.41) is 20.3. The SMILES string of the molecule is CC(C)N(C(C)C)P(OCCC#N)N(C(C)C)C(C)Cn1cnnn1. The largest absolute Gasteiger partial charge is 0.330 e. The minimum atomic E-state index is -1.00. The molecule has 2 atom stereocenters. The van der Waals surface area contributed by atoms with Gasteiger partial charge in [0.1, 0.15) is 6.33 Å². The molecule has 1 rings (SSSR count). The minimum Gasteiger partial charge on any atom is -0.330 e. The summed E-state index contributed by atoms with van der Waals surface area (Å²) < 4.78 is 12.8. The molecule has 1 heterocycles. The molecular weight excluding hydrogens is 337 g/mol. The fourth-order valence-corrected chi connectivity index (χ4v) is 5.27. The Morgan fingerprint density at radius 1 is 1.08 bits per heavy atom. The molecule has 0 aliphatic carbocycles. The molecule has 25 heavy (non-hydrogen) atoms. The Morgan fingerprint density at radius 3 is 2.12 bits per heavy atom. The summed E-state index contributed by atoms with van der Waals surface area (Å²) in [7, 11) is -1.00. The van der Waals surface area contributed by atoms with E-state index >= 15 is 0 Å². The van der Waals surface area contributed by atoms with Crippen LogP contribution in [0.3, 0.4) is 0 Å². The van der Waals surface area contributed by atoms with E-state index in [4.69, 9.17) is 9.79 Å². The number of nitrogens with zero attached hydrogens (tertiary/aromatic N) is 7. The summed E-state index contributed by atoms with van der Waals surface area (Å²) in [6, 6.07) is 3.34. The summed E-state index contributed by atoms with van der Waals surface area (Å²) in [4.78, 5) is 0. The Balaban J connectivity index is 3.07. The second kappa shape index (κ2) is 10.8. The second-order valence-corrected chi connectivity index (χ2v) is 8.60. The van der Waals surface area contributed by atoms with Crippen molar-refractivity contribution in [2.24, 2.45) is 0 Å². The van der Waals surface area contributed by atoms with Gasteiger partial charge >= 0.3 is 0 Å². The lowest BCUT2D eigenvalue weighted by Gasteiger charge is -2.46. The molecule has 0 saturated carbocycles. The van der Waals surface area contributed by atoms with Gasteiger partial charge in [0.15, 0.2) is 8.45 Å². The molecule has 0 N–H and O–H groups in total. The van der Waals surface area contributed by atoms with Crippen LogP contribution in [0.1, 0.15) is 54.9 Å². The summed E-state index contributed by atoms with van der Waals surface area (Å²) in [5.74, 6) is 0. The van der Waals surface area contributed by atoms with Crippen molar-refractivity contribution in [1.29, 1.82) is 5.26 Å². The van der Waals surface area contributed by atoms with Crippen molar-refractivity contribution in [1.82, 2.24) is 29.5 Å². The Hall–Kier alpha value is -1.13. The van der Waals surface area contributed by atoms with Crippen molar-refractivity contribution in [3.05, 3.63) is 6.33 Å². The van der Waals surface area contributed by atoms with Crippen LogP contribution in [0, 0.1) is 11.3 Å². The second-order valence-electron chi connectivity index (χ2n) is 6.92. The first-order valence-electron chi connectivity index (χ1n) is 8.86. The normalized spacial score (nSPS) is 14.7. The highest BCUT2D eigenvalue weighted by atomic mass is 31.2. The van der Waals surface area contributed by atoms with E-state index in [0.29, 0.717) is 37.7 Å². The number of hydrogen-bond acceptors (Lipinski definition) is 7. The Labute approximate surface area is 153 Å². The first-order valence-corrected chi connectivity index (χ1v) is 10.0. The van der Waals surface area contributed by atoms with Gasteiger partial charge in [-0.2, -0.15) is 5.26 Å². The van der Waals surface area contributed by atoms with Crippen LogP contribution in [0.5, 0.6) is 0 Å². The van der Waals surface area contributed by atoms with Gasteiger partial charge in [-0.15, -0.1) is 5.10 Å². The predicted molar refractivity (Wildman–Crippen MR) is 99.5 cm³/mol. The van der Waals surface area contributed by atoms with Crippen molar-refractivity contribution in [2.45, 2.75) is 85.6 Å². The number of rotatable bonds is 11. The smallest absolute Gasteiger partial charge is 0.189 e. The zero-order chi connectivity index (χ0) is 19.0. The van der Waals surface area contributed by atoms with E-state index in [9.17, 15) is 0 Å². The van der Waals surface area contributed by atoms with Crippen LogP contribution >= 0.6 is 8.45 Å². The van der Waals surface area contributed by atoms with E-state index in [1.54, 1.807) is 11.0 Å². The first kappa shape index (κ1) is 21.9. The highest BCUT2D eigenvalue weighted by Crippen LogP contribution is 2.50. The molecule has 2 unspecified atom stereocenters. The van der Waals surface area contributed by atoms with Gasteiger partial charge in [-0.25, -0.2) is 14.0 Å². The third-order valence-corrected chi connectivity index (χ3v) is 6.68. The zero-order valence-electron chi connectivity index (χ0n) is 16.5. The lowest BCUT2D eigenvalue weighted by Crippen LogP contribution is -2.45. The van der Waals surface area contributed by atoms with Crippen LogP contribution in [0.4, 0.5) is 0 Å². The maximum atomic E-state index is 8.89. The quantitative estimate of drug-likeness (QED) is 0.438. The van der Waals surface area contributed by atoms with Crippen LogP contribution in [-0.2, 0) is 11.1 Å². The third-order valence-electron chi connectivity index (χ3n) is 3.70. The standard InChI is InChI=1S/C16H32N7OP/c1-13(2)22(14(3)4)25(24-10-8-9-17)23(15(5)6)16(7)11-21-12-18-19-20-21/h12-16H,8,10-11H2,1-7H3. The monoisotopic (exact) mass is 369 g/mol. The predicted octanol–water partition coefficient (Wildman–Crippen LogP) is 3.05. The molecule has 8 nitrogen and oxygen atoms in total. The molecule has 0 amide bonds. The van der Waals surface area contributed by atoms with Crippen LogP contribution < -0.4 is 0 Å². The molecule has 1 aromatic rings. The van der Waals surface area contributed by atoms with Crippen LogP contribution in [0.25, 0.3) is 0 Å². The molecule has 0 bridgehead atoms. The van der Waals surface area contributed by atoms with Crippen LogP contribution in [0.2, 0.25) is 0 Å². The van der Waals surface area contributed by atoms with Gasteiger partial charge in [-0.3, -0.25) is 0 Å². The number of aromatic nitrogens is 4. The Kier molecular flexibility index (Phi) is 9.44. The van der Waals surface area contributed by atoms with Gasteiger partial charge in [0.2, 0.25) is 0 Å². The van der Waals surface area contributed by atoms with Crippen LogP contribution in [0.15, 0.2) is 6.33 Å².